The Morgan fingerprint density at radius 2 is 1.60 bits per heavy atom. The maximum absolute atomic E-state index is 12.2. The van der Waals surface area contributed by atoms with Gasteiger partial charge in [0.15, 0.2) is 6.61 Å². The highest BCUT2D eigenvalue weighted by molar-refractivity contribution is 7.89. The second kappa shape index (κ2) is 9.59. The molecule has 0 aliphatic rings. The molecular formula is C18H18F3N3O5S. The summed E-state index contributed by atoms with van der Waals surface area (Å²) >= 11 is 0. The van der Waals surface area contributed by atoms with Gasteiger partial charge in [0.25, 0.3) is 21.8 Å². The number of sulfonamides is 1. The van der Waals surface area contributed by atoms with Crippen molar-refractivity contribution < 1.29 is 35.9 Å². The molecule has 3 N–H and O–H groups in total. The van der Waals surface area contributed by atoms with E-state index in [0.717, 1.165) is 29.8 Å². The van der Waals surface area contributed by atoms with Crippen molar-refractivity contribution in [1.29, 1.82) is 0 Å². The standard InChI is InChI=1S/C18H18F3N3O5S/c1-12-2-6-14(7-3-12)29-10-16(25)23-24-30(27,28)15-8-4-13(5-9-15)17(26)22-11-18(19,20)21/h2-9,24H,10-11H2,1H3,(H,22,26)(H,23,25). The van der Waals surface area contributed by atoms with Crippen LogP contribution in [0.15, 0.2) is 53.4 Å². The zero-order chi connectivity index (χ0) is 22.4. The van der Waals surface area contributed by atoms with Gasteiger partial charge >= 0.3 is 6.18 Å². The van der Waals surface area contributed by atoms with E-state index < -0.39 is 41.2 Å². The van der Waals surface area contributed by atoms with Crippen LogP contribution >= 0.6 is 0 Å². The number of hydrazine groups is 1. The summed E-state index contributed by atoms with van der Waals surface area (Å²) in [7, 11) is -4.17. The fraction of sp³-hybridized carbons (Fsp3) is 0.222. The molecule has 0 spiro atoms. The number of aryl methyl sites for hydroxylation is 1. The summed E-state index contributed by atoms with van der Waals surface area (Å²) < 4.78 is 65.9. The SMILES string of the molecule is Cc1ccc(OCC(=O)NNS(=O)(=O)c2ccc(C(=O)NCC(F)(F)F)cc2)cc1. The molecule has 0 aliphatic carbocycles. The molecule has 2 rings (SSSR count). The van der Waals surface area contributed by atoms with E-state index in [9.17, 15) is 31.2 Å². The van der Waals surface area contributed by atoms with Crippen molar-refractivity contribution in [3.05, 3.63) is 59.7 Å². The van der Waals surface area contributed by atoms with Gasteiger partial charge in [-0.25, -0.2) is 8.42 Å². The van der Waals surface area contributed by atoms with Crippen molar-refractivity contribution >= 4 is 21.8 Å². The number of hydrogen-bond acceptors (Lipinski definition) is 5. The van der Waals surface area contributed by atoms with E-state index in [1.165, 1.54) is 0 Å². The van der Waals surface area contributed by atoms with Crippen molar-refractivity contribution in [3.8, 4) is 5.75 Å². The van der Waals surface area contributed by atoms with E-state index >= 15 is 0 Å². The molecule has 0 saturated carbocycles. The Morgan fingerprint density at radius 3 is 2.17 bits per heavy atom. The van der Waals surface area contributed by atoms with Crippen molar-refractivity contribution in [3.63, 3.8) is 0 Å². The minimum atomic E-state index is -4.57. The fourth-order valence-electron chi connectivity index (χ4n) is 2.07. The smallest absolute Gasteiger partial charge is 0.405 e. The Morgan fingerprint density at radius 1 is 1.00 bits per heavy atom. The Hall–Kier alpha value is -3.12. The molecule has 0 unspecified atom stereocenters. The van der Waals surface area contributed by atoms with Crippen LogP contribution in [0.4, 0.5) is 13.2 Å². The van der Waals surface area contributed by atoms with Gasteiger partial charge in [0.2, 0.25) is 0 Å². The molecule has 12 heteroatoms. The normalized spacial score (nSPS) is 11.6. The lowest BCUT2D eigenvalue weighted by Gasteiger charge is -2.11. The van der Waals surface area contributed by atoms with E-state index in [2.05, 4.69) is 0 Å². The first-order valence-electron chi connectivity index (χ1n) is 8.41. The summed E-state index contributed by atoms with van der Waals surface area (Å²) in [6, 6.07) is 11.0. The molecule has 0 heterocycles. The molecular weight excluding hydrogens is 427 g/mol. The summed E-state index contributed by atoms with van der Waals surface area (Å²) in [5, 5.41) is 1.67. The average Bonchev–Trinajstić information content (AvgIpc) is 2.69. The third-order valence-corrected chi connectivity index (χ3v) is 4.86. The number of carbonyl (C=O) groups is 2. The third kappa shape index (κ3) is 7.37. The van der Waals surface area contributed by atoms with E-state index in [1.54, 1.807) is 29.6 Å². The van der Waals surface area contributed by atoms with Crippen LogP contribution in [0.25, 0.3) is 0 Å². The van der Waals surface area contributed by atoms with E-state index in [1.807, 2.05) is 17.2 Å². The van der Waals surface area contributed by atoms with E-state index in [0.29, 0.717) is 5.75 Å². The molecule has 0 aliphatic heterocycles. The van der Waals surface area contributed by atoms with Gasteiger partial charge in [0.05, 0.1) is 4.90 Å². The van der Waals surface area contributed by atoms with Crippen LogP contribution in [0.1, 0.15) is 15.9 Å². The fourth-order valence-corrected chi connectivity index (χ4v) is 2.93. The third-order valence-electron chi connectivity index (χ3n) is 3.59. The predicted octanol–water partition coefficient (Wildman–Crippen LogP) is 1.68. The lowest BCUT2D eigenvalue weighted by molar-refractivity contribution is -0.124. The van der Waals surface area contributed by atoms with Crippen LogP contribution in [-0.2, 0) is 14.8 Å². The predicted molar refractivity (Wildman–Crippen MR) is 100.0 cm³/mol. The Labute approximate surface area is 170 Å². The second-order valence-corrected chi connectivity index (χ2v) is 7.76. The first kappa shape index (κ1) is 23.2. The number of ether oxygens (including phenoxy) is 1. The molecule has 162 valence electrons. The number of hydrogen-bond donors (Lipinski definition) is 3. The van der Waals surface area contributed by atoms with Gasteiger partial charge in [0.1, 0.15) is 12.3 Å². The van der Waals surface area contributed by atoms with Gasteiger partial charge in [-0.05, 0) is 43.3 Å². The van der Waals surface area contributed by atoms with E-state index in [-0.39, 0.29) is 10.5 Å². The second-order valence-electron chi connectivity index (χ2n) is 6.08. The molecule has 0 saturated heterocycles. The highest BCUT2D eigenvalue weighted by Gasteiger charge is 2.28. The van der Waals surface area contributed by atoms with Gasteiger partial charge in [-0.3, -0.25) is 15.0 Å². The maximum atomic E-state index is 12.2. The summed E-state index contributed by atoms with van der Waals surface area (Å²) in [6.07, 6.45) is -4.57. The highest BCUT2D eigenvalue weighted by atomic mass is 32.2. The van der Waals surface area contributed by atoms with Crippen molar-refractivity contribution in [2.45, 2.75) is 18.0 Å². The number of amides is 2. The number of nitrogens with one attached hydrogen (secondary N) is 3. The highest BCUT2D eigenvalue weighted by Crippen LogP contribution is 2.14. The number of alkyl halides is 3. The Bertz CT molecular complexity index is 991. The quantitative estimate of drug-likeness (QED) is 0.535. The van der Waals surface area contributed by atoms with Gasteiger partial charge in [0, 0.05) is 5.56 Å². The van der Waals surface area contributed by atoms with Crippen LogP contribution in [0.3, 0.4) is 0 Å². The minimum absolute atomic E-state index is 0.159. The minimum Gasteiger partial charge on any atom is -0.484 e. The zero-order valence-corrected chi connectivity index (χ0v) is 16.4. The summed E-state index contributed by atoms with van der Waals surface area (Å²) in [5.74, 6) is -1.34. The number of carbonyl (C=O) groups excluding carboxylic acids is 2. The monoisotopic (exact) mass is 445 g/mol. The van der Waals surface area contributed by atoms with Crippen molar-refractivity contribution in [2.24, 2.45) is 0 Å². The van der Waals surface area contributed by atoms with Gasteiger partial charge in [-0.1, -0.05) is 17.7 Å². The molecule has 2 aromatic carbocycles. The molecule has 30 heavy (non-hydrogen) atoms. The summed E-state index contributed by atoms with van der Waals surface area (Å²) in [6.45, 7) is -0.0687. The van der Waals surface area contributed by atoms with Gasteiger partial charge < -0.3 is 10.1 Å². The van der Waals surface area contributed by atoms with Crippen molar-refractivity contribution in [1.82, 2.24) is 15.6 Å². The molecule has 0 fully saturated rings. The molecule has 0 bridgehead atoms. The number of benzene rings is 2. The lowest BCUT2D eigenvalue weighted by Crippen LogP contribution is -2.43. The summed E-state index contributed by atoms with van der Waals surface area (Å²) in [5.41, 5.74) is 2.82. The largest absolute Gasteiger partial charge is 0.484 e. The molecule has 2 amide bonds. The molecule has 8 nitrogen and oxygen atoms in total. The molecule has 0 atom stereocenters. The number of rotatable bonds is 8. The first-order valence-corrected chi connectivity index (χ1v) is 9.90. The van der Waals surface area contributed by atoms with E-state index in [4.69, 9.17) is 4.74 Å². The Balaban J connectivity index is 1.88. The zero-order valence-electron chi connectivity index (χ0n) is 15.6. The lowest BCUT2D eigenvalue weighted by atomic mass is 10.2. The van der Waals surface area contributed by atoms with Crippen LogP contribution in [0.2, 0.25) is 0 Å². The van der Waals surface area contributed by atoms with Crippen LogP contribution in [0, 0.1) is 6.92 Å². The maximum Gasteiger partial charge on any atom is 0.405 e. The van der Waals surface area contributed by atoms with Crippen molar-refractivity contribution in [2.75, 3.05) is 13.2 Å². The molecule has 0 radical (unpaired) electrons. The topological polar surface area (TPSA) is 114 Å². The van der Waals surface area contributed by atoms with Crippen LogP contribution < -0.4 is 20.3 Å². The van der Waals surface area contributed by atoms with Crippen LogP contribution in [-0.4, -0.2) is 39.6 Å². The van der Waals surface area contributed by atoms with Gasteiger partial charge in [-0.15, -0.1) is 4.83 Å². The Kier molecular flexibility index (Phi) is 7.40. The molecule has 0 aromatic heterocycles. The average molecular weight is 445 g/mol. The first-order chi connectivity index (χ1) is 14.0. The van der Waals surface area contributed by atoms with Gasteiger partial charge in [-0.2, -0.15) is 13.2 Å². The molecule has 2 aromatic rings. The number of halogens is 3. The summed E-state index contributed by atoms with van der Waals surface area (Å²) in [4.78, 5) is 24.9. The van der Waals surface area contributed by atoms with Crippen LogP contribution in [0.5, 0.6) is 5.75 Å².